The zero-order valence-electron chi connectivity index (χ0n) is 9.06. The van der Waals surface area contributed by atoms with Crippen molar-refractivity contribution in [1.82, 2.24) is 10.2 Å². The van der Waals surface area contributed by atoms with Crippen LogP contribution in [0.5, 0.6) is 0 Å². The lowest BCUT2D eigenvalue weighted by atomic mass is 10.1. The Bertz CT molecular complexity index is 336. The summed E-state index contributed by atoms with van der Waals surface area (Å²) >= 11 is 0. The van der Waals surface area contributed by atoms with Crippen LogP contribution in [0.25, 0.3) is 0 Å². The van der Waals surface area contributed by atoms with Crippen LogP contribution in [0.3, 0.4) is 0 Å². The number of nitrogens with one attached hydrogen (secondary N) is 1. The predicted molar refractivity (Wildman–Crippen MR) is 53.3 cm³/mol. The summed E-state index contributed by atoms with van der Waals surface area (Å²) in [7, 11) is 0. The monoisotopic (exact) mass is 226 g/mol. The van der Waals surface area contributed by atoms with E-state index in [0.717, 1.165) is 6.42 Å². The van der Waals surface area contributed by atoms with Crippen LogP contribution in [0.1, 0.15) is 19.8 Å². The van der Waals surface area contributed by atoms with Gasteiger partial charge in [0.15, 0.2) is 0 Å². The molecule has 2 heterocycles. The molecule has 0 aromatic rings. The average Bonchev–Trinajstić information content (AvgIpc) is 2.75. The van der Waals surface area contributed by atoms with Crippen molar-refractivity contribution in [2.24, 2.45) is 0 Å². The van der Waals surface area contributed by atoms with Crippen molar-refractivity contribution in [3.63, 3.8) is 0 Å². The summed E-state index contributed by atoms with van der Waals surface area (Å²) in [4.78, 5) is 35.8. The maximum atomic E-state index is 12.0. The fraction of sp³-hybridized carbons (Fsp3) is 0.700. The van der Waals surface area contributed by atoms with Crippen molar-refractivity contribution < 1.29 is 19.1 Å². The van der Waals surface area contributed by atoms with E-state index in [2.05, 4.69) is 5.32 Å². The number of hydrogen-bond donors (Lipinski definition) is 1. The molecule has 2 rings (SSSR count). The summed E-state index contributed by atoms with van der Waals surface area (Å²) in [6, 6.07) is -0.602. The van der Waals surface area contributed by atoms with E-state index in [-0.39, 0.29) is 12.5 Å². The summed E-state index contributed by atoms with van der Waals surface area (Å²) < 4.78 is 5.25. The first-order valence-corrected chi connectivity index (χ1v) is 5.35. The van der Waals surface area contributed by atoms with Gasteiger partial charge >= 0.3 is 0 Å². The molecule has 0 spiro atoms. The van der Waals surface area contributed by atoms with Gasteiger partial charge in [-0.25, -0.2) is 0 Å². The molecule has 2 fully saturated rings. The molecule has 6 heteroatoms. The molecule has 0 radical (unpaired) electrons. The molecule has 0 aromatic carbocycles. The van der Waals surface area contributed by atoms with Gasteiger partial charge in [0.25, 0.3) is 5.91 Å². The van der Waals surface area contributed by atoms with Gasteiger partial charge in [0, 0.05) is 6.61 Å². The van der Waals surface area contributed by atoms with Crippen molar-refractivity contribution in [3.8, 4) is 0 Å². The number of hydrogen-bond acceptors (Lipinski definition) is 4. The largest absolute Gasteiger partial charge is 0.368 e. The van der Waals surface area contributed by atoms with Gasteiger partial charge in [-0.3, -0.25) is 19.7 Å². The highest BCUT2D eigenvalue weighted by atomic mass is 16.5. The summed E-state index contributed by atoms with van der Waals surface area (Å²) in [5.41, 5.74) is 0. The van der Waals surface area contributed by atoms with Crippen molar-refractivity contribution in [1.29, 1.82) is 0 Å². The number of rotatable bonds is 1. The highest BCUT2D eigenvalue weighted by molar-refractivity contribution is 6.04. The minimum atomic E-state index is -0.602. The van der Waals surface area contributed by atoms with Gasteiger partial charge in [0.2, 0.25) is 11.8 Å². The molecule has 0 bridgehead atoms. The first-order chi connectivity index (χ1) is 7.59. The van der Waals surface area contributed by atoms with Crippen LogP contribution >= 0.6 is 0 Å². The Kier molecular flexibility index (Phi) is 2.91. The van der Waals surface area contributed by atoms with E-state index in [1.165, 1.54) is 4.90 Å². The number of imide groups is 1. The number of nitrogens with zero attached hydrogens (tertiary/aromatic N) is 1. The Hall–Kier alpha value is -1.43. The van der Waals surface area contributed by atoms with Gasteiger partial charge < -0.3 is 9.64 Å². The van der Waals surface area contributed by atoms with Gasteiger partial charge in [-0.1, -0.05) is 0 Å². The number of piperazine rings is 1. The van der Waals surface area contributed by atoms with Crippen LogP contribution in [0, 0.1) is 0 Å². The molecule has 2 aliphatic heterocycles. The van der Waals surface area contributed by atoms with E-state index < -0.39 is 24.0 Å². The van der Waals surface area contributed by atoms with E-state index in [0.29, 0.717) is 13.0 Å². The number of carbonyl (C=O) groups is 3. The van der Waals surface area contributed by atoms with Gasteiger partial charge in [-0.2, -0.15) is 0 Å². The molecule has 2 aliphatic rings. The fourth-order valence-electron chi connectivity index (χ4n) is 1.94. The van der Waals surface area contributed by atoms with Gasteiger partial charge in [0.05, 0.1) is 0 Å². The number of amides is 3. The van der Waals surface area contributed by atoms with Crippen LogP contribution in [0.4, 0.5) is 0 Å². The molecule has 2 atom stereocenters. The van der Waals surface area contributed by atoms with Gasteiger partial charge in [0.1, 0.15) is 18.7 Å². The van der Waals surface area contributed by atoms with E-state index in [1.807, 2.05) is 0 Å². The minimum absolute atomic E-state index is 0.0639. The molecule has 1 N–H and O–H groups in total. The second-order valence-electron chi connectivity index (χ2n) is 4.06. The second-order valence-corrected chi connectivity index (χ2v) is 4.06. The van der Waals surface area contributed by atoms with Gasteiger partial charge in [-0.05, 0) is 19.8 Å². The SMILES string of the molecule is CC1C(=O)NC(=O)CN1C(=O)[C@@H]1CCCO1. The standard InChI is InChI=1S/C10H14N2O4/c1-6-9(14)11-8(13)5-12(6)10(15)7-3-2-4-16-7/h6-7H,2-5H2,1H3,(H,11,13,14)/t6?,7-/m0/s1. The lowest BCUT2D eigenvalue weighted by Gasteiger charge is -2.33. The normalized spacial score (nSPS) is 30.4. The maximum Gasteiger partial charge on any atom is 0.252 e. The highest BCUT2D eigenvalue weighted by Crippen LogP contribution is 2.17. The average molecular weight is 226 g/mol. The van der Waals surface area contributed by atoms with Crippen molar-refractivity contribution in [2.75, 3.05) is 13.2 Å². The van der Waals surface area contributed by atoms with Crippen LogP contribution in [0.15, 0.2) is 0 Å². The fourth-order valence-corrected chi connectivity index (χ4v) is 1.94. The maximum absolute atomic E-state index is 12.0. The molecule has 0 aromatic heterocycles. The first kappa shape index (κ1) is 11.1. The topological polar surface area (TPSA) is 75.7 Å². The zero-order valence-corrected chi connectivity index (χ0v) is 9.06. The smallest absolute Gasteiger partial charge is 0.252 e. The van der Waals surface area contributed by atoms with E-state index in [9.17, 15) is 14.4 Å². The second kappa shape index (κ2) is 4.21. The zero-order chi connectivity index (χ0) is 11.7. The van der Waals surface area contributed by atoms with Gasteiger partial charge in [-0.15, -0.1) is 0 Å². The Morgan fingerprint density at radius 2 is 2.25 bits per heavy atom. The Morgan fingerprint density at radius 3 is 2.88 bits per heavy atom. The molecule has 0 saturated carbocycles. The van der Waals surface area contributed by atoms with Crippen LogP contribution in [-0.4, -0.2) is 47.9 Å². The van der Waals surface area contributed by atoms with E-state index in [4.69, 9.17) is 4.74 Å². The Morgan fingerprint density at radius 1 is 1.50 bits per heavy atom. The molecule has 6 nitrogen and oxygen atoms in total. The highest BCUT2D eigenvalue weighted by Gasteiger charge is 2.37. The molecule has 2 saturated heterocycles. The summed E-state index contributed by atoms with van der Waals surface area (Å²) in [6.45, 7) is 2.11. The first-order valence-electron chi connectivity index (χ1n) is 5.35. The quantitative estimate of drug-likeness (QED) is 0.584. The molecule has 88 valence electrons. The molecule has 0 aliphatic carbocycles. The molecule has 3 amide bonds. The molecular formula is C10H14N2O4. The number of ether oxygens (including phenoxy) is 1. The lowest BCUT2D eigenvalue weighted by Crippen LogP contribution is -2.60. The summed E-state index contributed by atoms with van der Waals surface area (Å²) in [6.07, 6.45) is 1.03. The van der Waals surface area contributed by atoms with Crippen LogP contribution in [-0.2, 0) is 19.1 Å². The third-order valence-electron chi connectivity index (χ3n) is 2.91. The van der Waals surface area contributed by atoms with E-state index in [1.54, 1.807) is 6.92 Å². The van der Waals surface area contributed by atoms with Crippen molar-refractivity contribution in [2.45, 2.75) is 31.9 Å². The Labute approximate surface area is 92.9 Å². The van der Waals surface area contributed by atoms with Crippen molar-refractivity contribution >= 4 is 17.7 Å². The van der Waals surface area contributed by atoms with Crippen molar-refractivity contribution in [3.05, 3.63) is 0 Å². The summed E-state index contributed by atoms with van der Waals surface area (Å²) in [5, 5.41) is 2.19. The van der Waals surface area contributed by atoms with E-state index >= 15 is 0 Å². The number of carbonyl (C=O) groups excluding carboxylic acids is 3. The molecule has 16 heavy (non-hydrogen) atoms. The summed E-state index contributed by atoms with van der Waals surface area (Å²) in [5.74, 6) is -1.12. The third-order valence-corrected chi connectivity index (χ3v) is 2.91. The third kappa shape index (κ3) is 1.92. The predicted octanol–water partition coefficient (Wildman–Crippen LogP) is -0.961. The van der Waals surface area contributed by atoms with Crippen LogP contribution in [0.2, 0.25) is 0 Å². The molecular weight excluding hydrogens is 212 g/mol. The van der Waals surface area contributed by atoms with Crippen LogP contribution < -0.4 is 5.32 Å². The lowest BCUT2D eigenvalue weighted by molar-refractivity contribution is -0.154. The Balaban J connectivity index is 2.09. The minimum Gasteiger partial charge on any atom is -0.368 e. The molecule has 1 unspecified atom stereocenters.